The van der Waals surface area contributed by atoms with E-state index in [-0.39, 0.29) is 0 Å². The van der Waals surface area contributed by atoms with Crippen molar-refractivity contribution in [2.24, 2.45) is 0 Å². The summed E-state index contributed by atoms with van der Waals surface area (Å²) in [6.45, 7) is 2.05. The lowest BCUT2D eigenvalue weighted by molar-refractivity contribution is 1.49. The van der Waals surface area contributed by atoms with E-state index in [1.54, 1.807) is 0 Å². The minimum atomic E-state index is 0.813. The Hall–Kier alpha value is -1.21. The minimum Gasteiger partial charge on any atom is -0.388 e. The lowest BCUT2D eigenvalue weighted by Crippen LogP contribution is -1.91. The highest BCUT2D eigenvalue weighted by molar-refractivity contribution is 6.33. The summed E-state index contributed by atoms with van der Waals surface area (Å²) in [4.78, 5) is 0. The van der Waals surface area contributed by atoms with E-state index < -0.39 is 0 Å². The van der Waals surface area contributed by atoms with Crippen molar-refractivity contribution in [3.05, 3.63) is 40.9 Å². The highest BCUT2D eigenvalue weighted by Crippen LogP contribution is 2.31. The molecule has 0 bridgehead atoms. The van der Waals surface area contributed by atoms with Crippen molar-refractivity contribution in [1.82, 2.24) is 0 Å². The largest absolute Gasteiger partial charge is 0.388 e. The zero-order chi connectivity index (χ0) is 10.1. The molecule has 2 aromatic rings. The SMILES string of the molecule is CNc1cc(Cl)c(C)c2ccccc12. The van der Waals surface area contributed by atoms with Gasteiger partial charge >= 0.3 is 0 Å². The molecule has 0 amide bonds. The van der Waals surface area contributed by atoms with Crippen LogP contribution in [0.1, 0.15) is 5.56 Å². The van der Waals surface area contributed by atoms with Gasteiger partial charge in [0.1, 0.15) is 0 Å². The third-order valence-corrected chi connectivity index (χ3v) is 2.91. The molecule has 0 aliphatic rings. The Labute approximate surface area is 88.7 Å². The molecule has 0 atom stereocenters. The van der Waals surface area contributed by atoms with Crippen LogP contribution in [0.2, 0.25) is 5.02 Å². The molecule has 2 heteroatoms. The second-order valence-corrected chi connectivity index (χ2v) is 3.73. The smallest absolute Gasteiger partial charge is 0.0462 e. The maximum atomic E-state index is 6.13. The molecule has 0 radical (unpaired) electrons. The predicted octanol–water partition coefficient (Wildman–Crippen LogP) is 3.84. The minimum absolute atomic E-state index is 0.813. The number of fused-ring (bicyclic) bond motifs is 1. The van der Waals surface area contributed by atoms with Crippen molar-refractivity contribution in [2.75, 3.05) is 12.4 Å². The van der Waals surface area contributed by atoms with E-state index in [1.807, 2.05) is 32.2 Å². The van der Waals surface area contributed by atoms with Gasteiger partial charge in [0.25, 0.3) is 0 Å². The summed E-state index contributed by atoms with van der Waals surface area (Å²) in [7, 11) is 1.91. The van der Waals surface area contributed by atoms with Gasteiger partial charge in [0, 0.05) is 23.1 Å². The van der Waals surface area contributed by atoms with Crippen LogP contribution >= 0.6 is 11.6 Å². The fraction of sp³-hybridized carbons (Fsp3) is 0.167. The molecule has 0 spiro atoms. The maximum absolute atomic E-state index is 6.13. The molecule has 2 aromatic carbocycles. The third kappa shape index (κ3) is 1.34. The van der Waals surface area contributed by atoms with E-state index in [0.717, 1.165) is 16.3 Å². The Morgan fingerprint density at radius 2 is 1.79 bits per heavy atom. The number of hydrogen-bond acceptors (Lipinski definition) is 1. The molecule has 1 N–H and O–H groups in total. The molecule has 0 heterocycles. The predicted molar refractivity (Wildman–Crippen MR) is 63.2 cm³/mol. The molecule has 72 valence electrons. The number of nitrogens with one attached hydrogen (secondary N) is 1. The zero-order valence-electron chi connectivity index (χ0n) is 8.26. The summed E-state index contributed by atoms with van der Waals surface area (Å²) in [6, 6.07) is 10.2. The lowest BCUT2D eigenvalue weighted by atomic mass is 10.0. The quantitative estimate of drug-likeness (QED) is 0.746. The number of benzene rings is 2. The fourth-order valence-corrected chi connectivity index (χ4v) is 1.90. The number of anilines is 1. The van der Waals surface area contributed by atoms with Gasteiger partial charge in [-0.15, -0.1) is 0 Å². The monoisotopic (exact) mass is 205 g/mol. The van der Waals surface area contributed by atoms with Crippen LogP contribution in [-0.4, -0.2) is 7.05 Å². The first-order valence-corrected chi connectivity index (χ1v) is 4.97. The highest BCUT2D eigenvalue weighted by Gasteiger charge is 2.05. The van der Waals surface area contributed by atoms with E-state index in [1.165, 1.54) is 10.8 Å². The van der Waals surface area contributed by atoms with Crippen molar-refractivity contribution in [3.8, 4) is 0 Å². The molecule has 0 unspecified atom stereocenters. The molecule has 1 nitrogen and oxygen atoms in total. The summed E-state index contributed by atoms with van der Waals surface area (Å²) in [6.07, 6.45) is 0. The van der Waals surface area contributed by atoms with Gasteiger partial charge in [-0.1, -0.05) is 35.9 Å². The summed E-state index contributed by atoms with van der Waals surface area (Å²) >= 11 is 6.13. The van der Waals surface area contributed by atoms with Crippen molar-refractivity contribution in [3.63, 3.8) is 0 Å². The number of aryl methyl sites for hydroxylation is 1. The van der Waals surface area contributed by atoms with E-state index in [9.17, 15) is 0 Å². The third-order valence-electron chi connectivity index (χ3n) is 2.52. The standard InChI is InChI=1S/C12H12ClN/c1-8-9-5-3-4-6-10(9)12(14-2)7-11(8)13/h3-7,14H,1-2H3. The van der Waals surface area contributed by atoms with Crippen molar-refractivity contribution in [1.29, 1.82) is 0 Å². The van der Waals surface area contributed by atoms with Crippen LogP contribution in [0.3, 0.4) is 0 Å². The second-order valence-electron chi connectivity index (χ2n) is 3.33. The first-order chi connectivity index (χ1) is 6.74. The van der Waals surface area contributed by atoms with Gasteiger partial charge in [-0.3, -0.25) is 0 Å². The normalized spacial score (nSPS) is 10.5. The van der Waals surface area contributed by atoms with Crippen LogP contribution in [-0.2, 0) is 0 Å². The molecular weight excluding hydrogens is 194 g/mol. The molecular formula is C12H12ClN. The van der Waals surface area contributed by atoms with Gasteiger partial charge in [0.2, 0.25) is 0 Å². The zero-order valence-corrected chi connectivity index (χ0v) is 9.02. The second kappa shape index (κ2) is 3.50. The molecule has 0 aliphatic heterocycles. The maximum Gasteiger partial charge on any atom is 0.0462 e. The van der Waals surface area contributed by atoms with Gasteiger partial charge in [0.05, 0.1) is 0 Å². The van der Waals surface area contributed by atoms with Crippen LogP contribution in [0.15, 0.2) is 30.3 Å². The molecule has 0 aliphatic carbocycles. The van der Waals surface area contributed by atoms with Gasteiger partial charge in [-0.05, 0) is 23.9 Å². The van der Waals surface area contributed by atoms with Gasteiger partial charge < -0.3 is 5.32 Å². The Morgan fingerprint density at radius 3 is 2.43 bits per heavy atom. The fourth-order valence-electron chi connectivity index (χ4n) is 1.69. The first-order valence-electron chi connectivity index (χ1n) is 4.59. The van der Waals surface area contributed by atoms with Crippen molar-refractivity contribution < 1.29 is 0 Å². The molecule has 0 fully saturated rings. The molecule has 0 aromatic heterocycles. The van der Waals surface area contributed by atoms with Gasteiger partial charge in [0.15, 0.2) is 0 Å². The Morgan fingerprint density at radius 1 is 1.14 bits per heavy atom. The van der Waals surface area contributed by atoms with Crippen molar-refractivity contribution >= 4 is 28.1 Å². The summed E-state index contributed by atoms with van der Waals surface area (Å²) in [5, 5.41) is 6.40. The summed E-state index contributed by atoms with van der Waals surface area (Å²) in [5.41, 5.74) is 2.22. The number of hydrogen-bond donors (Lipinski definition) is 1. The molecule has 2 rings (SSSR count). The summed E-state index contributed by atoms with van der Waals surface area (Å²) < 4.78 is 0. The van der Waals surface area contributed by atoms with Crippen LogP contribution in [0.5, 0.6) is 0 Å². The Bertz CT molecular complexity index is 477. The van der Waals surface area contributed by atoms with Crippen LogP contribution in [0.4, 0.5) is 5.69 Å². The van der Waals surface area contributed by atoms with Crippen LogP contribution in [0, 0.1) is 6.92 Å². The van der Waals surface area contributed by atoms with E-state index in [2.05, 4.69) is 17.4 Å². The Balaban J connectivity index is 2.89. The lowest BCUT2D eigenvalue weighted by Gasteiger charge is -2.09. The van der Waals surface area contributed by atoms with Crippen LogP contribution < -0.4 is 5.32 Å². The van der Waals surface area contributed by atoms with Crippen LogP contribution in [0.25, 0.3) is 10.8 Å². The Kier molecular flexibility index (Phi) is 2.34. The van der Waals surface area contributed by atoms with Gasteiger partial charge in [-0.25, -0.2) is 0 Å². The number of halogens is 1. The van der Waals surface area contributed by atoms with Gasteiger partial charge in [-0.2, -0.15) is 0 Å². The van der Waals surface area contributed by atoms with E-state index >= 15 is 0 Å². The van der Waals surface area contributed by atoms with Crippen molar-refractivity contribution in [2.45, 2.75) is 6.92 Å². The first kappa shape index (κ1) is 9.35. The average molecular weight is 206 g/mol. The molecule has 14 heavy (non-hydrogen) atoms. The highest BCUT2D eigenvalue weighted by atomic mass is 35.5. The number of rotatable bonds is 1. The van der Waals surface area contributed by atoms with E-state index in [0.29, 0.717) is 0 Å². The topological polar surface area (TPSA) is 12.0 Å². The van der Waals surface area contributed by atoms with E-state index in [4.69, 9.17) is 11.6 Å². The molecule has 0 saturated carbocycles. The molecule has 0 saturated heterocycles. The average Bonchev–Trinajstić information content (AvgIpc) is 2.23. The summed E-state index contributed by atoms with van der Waals surface area (Å²) in [5.74, 6) is 0.